The van der Waals surface area contributed by atoms with Crippen LogP contribution in [0.3, 0.4) is 0 Å². The maximum Gasteiger partial charge on any atom is 0.323 e. The van der Waals surface area contributed by atoms with Crippen molar-refractivity contribution in [1.82, 2.24) is 19.7 Å². The second-order valence-corrected chi connectivity index (χ2v) is 6.78. The zero-order valence-electron chi connectivity index (χ0n) is 15.9. The third kappa shape index (κ3) is 4.73. The molecule has 150 valence electrons. The third-order valence-corrected chi connectivity index (χ3v) is 4.57. The minimum absolute atomic E-state index is 0.355. The maximum atomic E-state index is 12.2. The van der Waals surface area contributed by atoms with Crippen LogP contribution in [0.2, 0.25) is 5.02 Å². The largest absolute Gasteiger partial charge is 0.438 e. The van der Waals surface area contributed by atoms with Gasteiger partial charge in [-0.1, -0.05) is 17.7 Å². The maximum absolute atomic E-state index is 12.2. The van der Waals surface area contributed by atoms with Gasteiger partial charge >= 0.3 is 6.03 Å². The van der Waals surface area contributed by atoms with Crippen molar-refractivity contribution in [2.45, 2.75) is 6.92 Å². The molecule has 0 bridgehead atoms. The van der Waals surface area contributed by atoms with Gasteiger partial charge in [0, 0.05) is 34.9 Å². The molecule has 0 aliphatic heterocycles. The van der Waals surface area contributed by atoms with Crippen molar-refractivity contribution in [3.8, 4) is 17.4 Å². The van der Waals surface area contributed by atoms with Crippen LogP contribution >= 0.6 is 11.6 Å². The summed E-state index contributed by atoms with van der Waals surface area (Å²) >= 11 is 6.08. The summed E-state index contributed by atoms with van der Waals surface area (Å²) in [6.07, 6.45) is 5.08. The lowest BCUT2D eigenvalue weighted by Gasteiger charge is -2.10. The number of benzene rings is 2. The van der Waals surface area contributed by atoms with Crippen LogP contribution in [-0.4, -0.2) is 25.8 Å². The molecule has 0 aliphatic rings. The Morgan fingerprint density at radius 3 is 2.43 bits per heavy atom. The van der Waals surface area contributed by atoms with Crippen molar-refractivity contribution < 1.29 is 9.53 Å². The van der Waals surface area contributed by atoms with Gasteiger partial charge in [-0.3, -0.25) is 4.57 Å². The summed E-state index contributed by atoms with van der Waals surface area (Å²) in [5, 5.41) is 14.2. The summed E-state index contributed by atoms with van der Waals surface area (Å²) in [7, 11) is 0. The van der Waals surface area contributed by atoms with Crippen molar-refractivity contribution in [3.63, 3.8) is 0 Å². The van der Waals surface area contributed by atoms with E-state index in [2.05, 4.69) is 25.8 Å². The zero-order chi connectivity index (χ0) is 20.9. The van der Waals surface area contributed by atoms with Crippen LogP contribution in [0.5, 0.6) is 11.6 Å². The smallest absolute Gasteiger partial charge is 0.323 e. The second-order valence-electron chi connectivity index (χ2n) is 6.37. The van der Waals surface area contributed by atoms with E-state index in [-0.39, 0.29) is 6.03 Å². The number of urea groups is 1. The minimum atomic E-state index is -0.371. The van der Waals surface area contributed by atoms with E-state index in [1.165, 1.54) is 0 Å². The van der Waals surface area contributed by atoms with Crippen LogP contribution in [-0.2, 0) is 0 Å². The van der Waals surface area contributed by atoms with Crippen molar-refractivity contribution in [2.75, 3.05) is 10.6 Å². The average molecular weight is 421 g/mol. The molecule has 0 unspecified atom stereocenters. The Hall–Kier alpha value is -3.91. The van der Waals surface area contributed by atoms with Crippen LogP contribution < -0.4 is 15.4 Å². The van der Waals surface area contributed by atoms with Gasteiger partial charge in [0.25, 0.3) is 0 Å². The second kappa shape index (κ2) is 8.62. The number of ether oxygens (including phenoxy) is 1. The summed E-state index contributed by atoms with van der Waals surface area (Å²) in [6, 6.07) is 15.4. The Balaban J connectivity index is 1.34. The number of nitrogens with one attached hydrogen (secondary N) is 2. The molecule has 0 radical (unpaired) electrons. The Morgan fingerprint density at radius 1 is 1.00 bits per heavy atom. The van der Waals surface area contributed by atoms with E-state index in [9.17, 15) is 4.79 Å². The van der Waals surface area contributed by atoms with Gasteiger partial charge < -0.3 is 15.4 Å². The highest BCUT2D eigenvalue weighted by Crippen LogP contribution is 2.23. The number of imidazole rings is 1. The highest BCUT2D eigenvalue weighted by atomic mass is 35.5. The van der Waals surface area contributed by atoms with Crippen LogP contribution in [0.25, 0.3) is 5.82 Å². The number of hydrogen-bond acceptors (Lipinski definition) is 5. The lowest BCUT2D eigenvalue weighted by Crippen LogP contribution is -2.19. The van der Waals surface area contributed by atoms with Crippen molar-refractivity contribution in [1.29, 1.82) is 0 Å². The number of nitrogens with zero attached hydrogens (tertiary/aromatic N) is 4. The normalized spacial score (nSPS) is 10.5. The van der Waals surface area contributed by atoms with Gasteiger partial charge in [-0.25, -0.2) is 9.78 Å². The SMILES string of the molecule is Cc1ccc(NC(=O)Nc2ccc(Oc3ccc(-n4ccnc4)nn3)cc2)cc1Cl. The predicted octanol–water partition coefficient (Wildman–Crippen LogP) is 5.06. The first kappa shape index (κ1) is 19.4. The highest BCUT2D eigenvalue weighted by Gasteiger charge is 2.06. The Kier molecular flexibility index (Phi) is 5.58. The van der Waals surface area contributed by atoms with E-state index in [0.29, 0.717) is 33.8 Å². The van der Waals surface area contributed by atoms with Crippen molar-refractivity contribution >= 4 is 29.0 Å². The summed E-state index contributed by atoms with van der Waals surface area (Å²) in [6.45, 7) is 1.90. The first-order valence-corrected chi connectivity index (χ1v) is 9.39. The van der Waals surface area contributed by atoms with E-state index in [1.807, 2.05) is 13.0 Å². The zero-order valence-corrected chi connectivity index (χ0v) is 16.7. The molecule has 2 N–H and O–H groups in total. The number of rotatable bonds is 5. The molecule has 9 heteroatoms. The van der Waals surface area contributed by atoms with Gasteiger partial charge in [-0.15, -0.1) is 10.2 Å². The third-order valence-electron chi connectivity index (χ3n) is 4.16. The molecule has 4 rings (SSSR count). The molecule has 8 nitrogen and oxygen atoms in total. The van der Waals surface area contributed by atoms with E-state index in [1.54, 1.807) is 71.8 Å². The van der Waals surface area contributed by atoms with Gasteiger partial charge in [0.1, 0.15) is 12.1 Å². The molecule has 0 fully saturated rings. The lowest BCUT2D eigenvalue weighted by atomic mass is 10.2. The molecule has 30 heavy (non-hydrogen) atoms. The molecule has 2 aromatic heterocycles. The summed E-state index contributed by atoms with van der Waals surface area (Å²) in [5.74, 6) is 1.56. The number of amides is 2. The van der Waals surface area contributed by atoms with Crippen LogP contribution in [0.1, 0.15) is 5.56 Å². The number of aromatic nitrogens is 4. The first-order valence-electron chi connectivity index (χ1n) is 9.01. The fourth-order valence-corrected chi connectivity index (χ4v) is 2.77. The minimum Gasteiger partial charge on any atom is -0.438 e. The van der Waals surface area contributed by atoms with Crippen LogP contribution in [0.4, 0.5) is 16.2 Å². The summed E-state index contributed by atoms with van der Waals surface area (Å²) in [4.78, 5) is 16.1. The van der Waals surface area contributed by atoms with E-state index in [4.69, 9.17) is 16.3 Å². The lowest BCUT2D eigenvalue weighted by molar-refractivity contribution is 0.262. The predicted molar refractivity (Wildman–Crippen MR) is 115 cm³/mol. The molecule has 2 amide bonds. The Labute approximate surface area is 177 Å². The van der Waals surface area contributed by atoms with E-state index >= 15 is 0 Å². The number of carbonyl (C=O) groups is 1. The number of carbonyl (C=O) groups excluding carboxylic acids is 1. The number of halogens is 1. The monoisotopic (exact) mass is 420 g/mol. The molecule has 0 saturated heterocycles. The molecule has 0 spiro atoms. The van der Waals surface area contributed by atoms with Gasteiger partial charge in [0.05, 0.1) is 0 Å². The quantitative estimate of drug-likeness (QED) is 0.470. The summed E-state index contributed by atoms with van der Waals surface area (Å²) in [5.41, 5.74) is 2.17. The van der Waals surface area contributed by atoms with Crippen molar-refractivity contribution in [3.05, 3.63) is 83.9 Å². The number of anilines is 2. The Morgan fingerprint density at radius 2 is 1.77 bits per heavy atom. The first-order chi connectivity index (χ1) is 14.6. The van der Waals surface area contributed by atoms with Gasteiger partial charge in [-0.2, -0.15) is 0 Å². The van der Waals surface area contributed by atoms with E-state index in [0.717, 1.165) is 5.56 Å². The van der Waals surface area contributed by atoms with Gasteiger partial charge in [-0.05, 0) is 55.0 Å². The molecule has 0 aliphatic carbocycles. The van der Waals surface area contributed by atoms with Gasteiger partial charge in [0.2, 0.25) is 5.88 Å². The molecule has 2 aromatic carbocycles. The average Bonchev–Trinajstić information content (AvgIpc) is 3.28. The molecule has 0 atom stereocenters. The fourth-order valence-electron chi connectivity index (χ4n) is 2.59. The number of hydrogen-bond donors (Lipinski definition) is 2. The van der Waals surface area contributed by atoms with Crippen LogP contribution in [0, 0.1) is 6.92 Å². The molecular formula is C21H17ClN6O2. The summed E-state index contributed by atoms with van der Waals surface area (Å²) < 4.78 is 7.43. The molecule has 0 saturated carbocycles. The van der Waals surface area contributed by atoms with Crippen LogP contribution in [0.15, 0.2) is 73.3 Å². The number of aryl methyl sites for hydroxylation is 1. The Bertz CT molecular complexity index is 1150. The topological polar surface area (TPSA) is 94.0 Å². The fraction of sp³-hybridized carbons (Fsp3) is 0.0476. The highest BCUT2D eigenvalue weighted by molar-refractivity contribution is 6.31. The molecular weight excluding hydrogens is 404 g/mol. The van der Waals surface area contributed by atoms with E-state index < -0.39 is 0 Å². The van der Waals surface area contributed by atoms with Crippen molar-refractivity contribution in [2.24, 2.45) is 0 Å². The standard InChI is InChI=1S/C21H17ClN6O2/c1-14-2-3-16(12-18(14)22)25-21(29)24-15-4-6-17(7-5-15)30-20-9-8-19(26-27-20)28-11-10-23-13-28/h2-13H,1H3,(H2,24,25,29). The molecule has 2 heterocycles. The van der Waals surface area contributed by atoms with Gasteiger partial charge in [0.15, 0.2) is 5.82 Å². The molecule has 4 aromatic rings.